The average Bonchev–Trinajstić information content (AvgIpc) is 2.26. The van der Waals surface area contributed by atoms with Crippen LogP contribution in [-0.2, 0) is 9.53 Å². The van der Waals surface area contributed by atoms with E-state index in [9.17, 15) is 9.90 Å². The van der Waals surface area contributed by atoms with Gasteiger partial charge in [0.1, 0.15) is 0 Å². The first-order valence-electron chi connectivity index (χ1n) is 5.09. The lowest BCUT2D eigenvalue weighted by atomic mass is 10.1. The van der Waals surface area contributed by atoms with Crippen molar-refractivity contribution in [2.24, 2.45) is 0 Å². The van der Waals surface area contributed by atoms with Crippen LogP contribution >= 0.6 is 11.6 Å². The number of phenols is 1. The summed E-state index contributed by atoms with van der Waals surface area (Å²) in [4.78, 5) is 11.4. The van der Waals surface area contributed by atoms with Crippen LogP contribution in [0.15, 0.2) is 17.7 Å². The molecule has 3 N–H and O–H groups in total. The molecule has 0 saturated heterocycles. The number of hydrogen-bond donors (Lipinski definition) is 2. The Morgan fingerprint density at radius 2 is 2.24 bits per heavy atom. The van der Waals surface area contributed by atoms with Crippen LogP contribution in [0.2, 0.25) is 5.02 Å². The summed E-state index contributed by atoms with van der Waals surface area (Å²) in [6.07, 6.45) is 1.60. The molecule has 5 heteroatoms. The summed E-state index contributed by atoms with van der Waals surface area (Å²) in [7, 11) is 0. The smallest absolute Gasteiger partial charge is 0.333 e. The molecule has 1 aromatic rings. The largest absolute Gasteiger partial charge is 0.504 e. The highest BCUT2D eigenvalue weighted by molar-refractivity contribution is 6.32. The molecule has 0 saturated carbocycles. The number of esters is 1. The molecule has 0 aromatic heterocycles. The first-order valence-corrected chi connectivity index (χ1v) is 5.47. The number of carbonyl (C=O) groups excluding carboxylic acids is 1. The molecule has 1 rings (SSSR count). The van der Waals surface area contributed by atoms with Gasteiger partial charge in [0.2, 0.25) is 0 Å². The molecule has 1 aromatic carbocycles. The van der Waals surface area contributed by atoms with E-state index in [-0.39, 0.29) is 16.5 Å². The fraction of sp³-hybridized carbons (Fsp3) is 0.250. The molecular weight excluding hydrogens is 242 g/mol. The maximum atomic E-state index is 11.4. The molecule has 0 atom stereocenters. The van der Waals surface area contributed by atoms with Gasteiger partial charge in [-0.05, 0) is 37.6 Å². The van der Waals surface area contributed by atoms with E-state index in [1.807, 2.05) is 0 Å². The van der Waals surface area contributed by atoms with Gasteiger partial charge < -0.3 is 15.6 Å². The van der Waals surface area contributed by atoms with Crippen LogP contribution < -0.4 is 5.73 Å². The van der Waals surface area contributed by atoms with Crippen LogP contribution in [0.3, 0.4) is 0 Å². The Morgan fingerprint density at radius 1 is 1.59 bits per heavy atom. The summed E-state index contributed by atoms with van der Waals surface area (Å²) in [5, 5.41) is 9.54. The lowest BCUT2D eigenvalue weighted by Gasteiger charge is -2.05. The zero-order chi connectivity index (χ0) is 13.0. The van der Waals surface area contributed by atoms with Crippen LogP contribution in [0.5, 0.6) is 5.75 Å². The molecule has 0 amide bonds. The minimum Gasteiger partial charge on any atom is -0.504 e. The highest BCUT2D eigenvalue weighted by atomic mass is 35.5. The first kappa shape index (κ1) is 13.4. The number of benzene rings is 1. The first-order chi connectivity index (χ1) is 7.95. The lowest BCUT2D eigenvalue weighted by Crippen LogP contribution is -2.04. The number of anilines is 1. The van der Waals surface area contributed by atoms with Crippen molar-refractivity contribution in [1.29, 1.82) is 0 Å². The second kappa shape index (κ2) is 5.59. The number of nitrogens with two attached hydrogens (primary N) is 1. The number of rotatable bonds is 3. The Morgan fingerprint density at radius 3 is 2.76 bits per heavy atom. The third-order valence-corrected chi connectivity index (χ3v) is 2.38. The maximum absolute atomic E-state index is 11.4. The Hall–Kier alpha value is -1.68. The predicted molar refractivity (Wildman–Crippen MR) is 67.8 cm³/mol. The van der Waals surface area contributed by atoms with Gasteiger partial charge >= 0.3 is 5.97 Å². The molecule has 0 unspecified atom stereocenters. The van der Waals surface area contributed by atoms with Crippen LogP contribution in [-0.4, -0.2) is 17.7 Å². The molecule has 17 heavy (non-hydrogen) atoms. The van der Waals surface area contributed by atoms with Crippen molar-refractivity contribution in [3.05, 3.63) is 28.3 Å². The lowest BCUT2D eigenvalue weighted by molar-refractivity contribution is -0.138. The Kier molecular flexibility index (Phi) is 4.40. The van der Waals surface area contributed by atoms with Gasteiger partial charge in [-0.2, -0.15) is 0 Å². The van der Waals surface area contributed by atoms with E-state index < -0.39 is 5.97 Å². The molecule has 0 spiro atoms. The minimum atomic E-state index is -0.393. The summed E-state index contributed by atoms with van der Waals surface area (Å²) < 4.78 is 4.84. The average molecular weight is 256 g/mol. The van der Waals surface area contributed by atoms with Gasteiger partial charge in [-0.1, -0.05) is 11.6 Å². The van der Waals surface area contributed by atoms with Crippen molar-refractivity contribution in [2.75, 3.05) is 12.3 Å². The van der Waals surface area contributed by atoms with E-state index >= 15 is 0 Å². The van der Waals surface area contributed by atoms with Crippen molar-refractivity contribution >= 4 is 29.3 Å². The van der Waals surface area contributed by atoms with E-state index in [2.05, 4.69) is 0 Å². The summed E-state index contributed by atoms with van der Waals surface area (Å²) in [6, 6.07) is 3.06. The van der Waals surface area contributed by atoms with Gasteiger partial charge in [0.15, 0.2) is 5.75 Å². The van der Waals surface area contributed by atoms with Crippen LogP contribution in [0.25, 0.3) is 6.08 Å². The van der Waals surface area contributed by atoms with Crippen LogP contribution in [0, 0.1) is 0 Å². The van der Waals surface area contributed by atoms with Gasteiger partial charge in [-0.3, -0.25) is 0 Å². The minimum absolute atomic E-state index is 0.146. The van der Waals surface area contributed by atoms with Crippen LogP contribution in [0.1, 0.15) is 19.4 Å². The van der Waals surface area contributed by atoms with Gasteiger partial charge in [0.05, 0.1) is 17.3 Å². The summed E-state index contributed by atoms with van der Waals surface area (Å²) in [5.74, 6) is -0.548. The third kappa shape index (κ3) is 3.39. The highest BCUT2D eigenvalue weighted by Crippen LogP contribution is 2.31. The zero-order valence-electron chi connectivity index (χ0n) is 9.66. The highest BCUT2D eigenvalue weighted by Gasteiger charge is 2.07. The molecule has 92 valence electrons. The normalized spacial score (nSPS) is 11.4. The number of phenolic OH excluding ortho intramolecular Hbond substituents is 1. The van der Waals surface area contributed by atoms with Crippen molar-refractivity contribution in [3.63, 3.8) is 0 Å². The van der Waals surface area contributed by atoms with Crippen molar-refractivity contribution in [2.45, 2.75) is 13.8 Å². The van der Waals surface area contributed by atoms with E-state index in [4.69, 9.17) is 22.1 Å². The fourth-order valence-electron chi connectivity index (χ4n) is 1.28. The number of halogens is 1. The second-order valence-electron chi connectivity index (χ2n) is 3.49. The summed E-state index contributed by atoms with van der Waals surface area (Å²) in [6.45, 7) is 3.69. The second-order valence-corrected chi connectivity index (χ2v) is 3.90. The van der Waals surface area contributed by atoms with Crippen molar-refractivity contribution in [3.8, 4) is 5.75 Å². The van der Waals surface area contributed by atoms with E-state index in [1.165, 1.54) is 12.1 Å². The summed E-state index contributed by atoms with van der Waals surface area (Å²) >= 11 is 5.77. The number of ether oxygens (including phenoxy) is 1. The van der Waals surface area contributed by atoms with E-state index in [0.717, 1.165) is 0 Å². The number of aromatic hydroxyl groups is 1. The molecule has 4 nitrogen and oxygen atoms in total. The molecule has 0 fully saturated rings. The van der Waals surface area contributed by atoms with Gasteiger partial charge in [0, 0.05) is 5.57 Å². The Labute approximate surface area is 105 Å². The standard InChI is InChI=1S/C12H14ClNO3/c1-3-17-12(16)7(2)4-8-5-9(13)11(15)10(14)6-8/h4-6,15H,3,14H2,1-2H3/b7-4+. The molecule has 0 radical (unpaired) electrons. The summed E-state index contributed by atoms with van der Waals surface area (Å²) in [5.41, 5.74) is 6.79. The fourth-order valence-corrected chi connectivity index (χ4v) is 1.51. The Balaban J connectivity index is 3.02. The van der Waals surface area contributed by atoms with Gasteiger partial charge in [0.25, 0.3) is 0 Å². The van der Waals surface area contributed by atoms with Crippen molar-refractivity contribution in [1.82, 2.24) is 0 Å². The van der Waals surface area contributed by atoms with E-state index in [0.29, 0.717) is 17.7 Å². The van der Waals surface area contributed by atoms with Crippen molar-refractivity contribution < 1.29 is 14.6 Å². The SMILES string of the molecule is CCOC(=O)/C(C)=C/c1cc(N)c(O)c(Cl)c1. The molecule has 0 heterocycles. The number of hydrogen-bond acceptors (Lipinski definition) is 4. The van der Waals surface area contributed by atoms with E-state index in [1.54, 1.807) is 19.9 Å². The molecule has 0 bridgehead atoms. The van der Waals surface area contributed by atoms with Gasteiger partial charge in [-0.25, -0.2) is 4.79 Å². The number of nitrogen functional groups attached to an aromatic ring is 1. The molecular formula is C12H14ClNO3. The molecule has 0 aliphatic rings. The Bertz CT molecular complexity index is 446. The zero-order valence-corrected chi connectivity index (χ0v) is 10.4. The third-order valence-electron chi connectivity index (χ3n) is 2.10. The molecule has 0 aliphatic heterocycles. The predicted octanol–water partition coefficient (Wildman–Crippen LogP) is 2.59. The molecule has 0 aliphatic carbocycles. The quantitative estimate of drug-likeness (QED) is 0.377. The van der Waals surface area contributed by atoms with Gasteiger partial charge in [-0.15, -0.1) is 0 Å². The van der Waals surface area contributed by atoms with Crippen LogP contribution in [0.4, 0.5) is 5.69 Å². The monoisotopic (exact) mass is 255 g/mol. The topological polar surface area (TPSA) is 72.5 Å². The number of carbonyl (C=O) groups is 1. The maximum Gasteiger partial charge on any atom is 0.333 e.